The van der Waals surface area contributed by atoms with E-state index in [1.54, 1.807) is 6.07 Å². The zero-order valence-electron chi connectivity index (χ0n) is 15.1. The molecule has 3 rings (SSSR count). The number of rotatable bonds is 3. The molecule has 2 aliphatic rings. The Balaban J connectivity index is 1.87. The van der Waals surface area contributed by atoms with Crippen molar-refractivity contribution >= 4 is 5.91 Å². The average Bonchev–Trinajstić information content (AvgIpc) is 2.58. The summed E-state index contributed by atoms with van der Waals surface area (Å²) in [5, 5.41) is 0. The van der Waals surface area contributed by atoms with Gasteiger partial charge in [0.15, 0.2) is 0 Å². The van der Waals surface area contributed by atoms with E-state index in [1.165, 1.54) is 12.1 Å². The van der Waals surface area contributed by atoms with Gasteiger partial charge in [-0.05, 0) is 29.5 Å². The highest BCUT2D eigenvalue weighted by Crippen LogP contribution is 2.31. The lowest BCUT2D eigenvalue weighted by molar-refractivity contribution is -0.142. The summed E-state index contributed by atoms with van der Waals surface area (Å²) in [7, 11) is 0. The molecule has 2 N–H and O–H groups in total. The summed E-state index contributed by atoms with van der Waals surface area (Å²) in [6, 6.07) is 6.01. The molecule has 0 spiro atoms. The predicted molar refractivity (Wildman–Crippen MR) is 94.5 cm³/mol. The molecule has 0 saturated carbocycles. The Hall–Kier alpha value is -1.50. The average molecular weight is 349 g/mol. The molecular formula is C19H28FN3O2. The summed E-state index contributed by atoms with van der Waals surface area (Å²) >= 11 is 0. The summed E-state index contributed by atoms with van der Waals surface area (Å²) in [6.07, 6.45) is 0.789. The fraction of sp³-hybridized carbons (Fsp3) is 0.632. The van der Waals surface area contributed by atoms with Crippen LogP contribution in [0.3, 0.4) is 0 Å². The molecule has 1 amide bonds. The van der Waals surface area contributed by atoms with Crippen LogP contribution in [-0.4, -0.2) is 61.1 Å². The Morgan fingerprint density at radius 1 is 1.32 bits per heavy atom. The summed E-state index contributed by atoms with van der Waals surface area (Å²) < 4.78 is 19.2. The monoisotopic (exact) mass is 349 g/mol. The van der Waals surface area contributed by atoms with Crippen molar-refractivity contribution in [2.24, 2.45) is 11.1 Å². The Kier molecular flexibility index (Phi) is 5.41. The van der Waals surface area contributed by atoms with Crippen LogP contribution in [0.2, 0.25) is 0 Å². The van der Waals surface area contributed by atoms with Gasteiger partial charge in [-0.15, -0.1) is 0 Å². The Bertz CT molecular complexity index is 616. The molecule has 2 aliphatic heterocycles. The maximum Gasteiger partial charge on any atom is 0.244 e. The number of nitrogens with zero attached hydrogens (tertiary/aromatic N) is 2. The molecule has 5 nitrogen and oxygen atoms in total. The predicted octanol–water partition coefficient (Wildman–Crippen LogP) is 1.78. The second-order valence-corrected chi connectivity index (χ2v) is 7.75. The molecule has 1 aromatic rings. The molecular weight excluding hydrogens is 321 g/mol. The van der Waals surface area contributed by atoms with Gasteiger partial charge in [-0.1, -0.05) is 26.0 Å². The quantitative estimate of drug-likeness (QED) is 0.904. The molecule has 2 heterocycles. The minimum absolute atomic E-state index is 0.0347. The molecule has 0 bridgehead atoms. The normalized spacial score (nSPS) is 25.6. The number of piperidine rings is 1. The largest absolute Gasteiger partial charge is 0.379 e. The number of ether oxygens (including phenoxy) is 1. The SMILES string of the molecule is CC1(C)CN(C(=O)C(c2cccc(F)c2)N2CCOCC2)CCC1N. The van der Waals surface area contributed by atoms with E-state index >= 15 is 0 Å². The lowest BCUT2D eigenvalue weighted by Crippen LogP contribution is -2.56. The summed E-state index contributed by atoms with van der Waals surface area (Å²) in [5.74, 6) is -0.281. The maximum atomic E-state index is 13.8. The highest BCUT2D eigenvalue weighted by molar-refractivity contribution is 5.83. The molecule has 1 aromatic carbocycles. The minimum atomic E-state index is -0.468. The van der Waals surface area contributed by atoms with Gasteiger partial charge in [0.05, 0.1) is 13.2 Å². The molecule has 138 valence electrons. The molecule has 2 fully saturated rings. The van der Waals surface area contributed by atoms with Crippen molar-refractivity contribution in [3.05, 3.63) is 35.6 Å². The molecule has 2 saturated heterocycles. The van der Waals surface area contributed by atoms with E-state index in [0.717, 1.165) is 6.42 Å². The zero-order valence-corrected chi connectivity index (χ0v) is 15.1. The fourth-order valence-electron chi connectivity index (χ4n) is 3.76. The highest BCUT2D eigenvalue weighted by atomic mass is 19.1. The molecule has 0 aromatic heterocycles. The second kappa shape index (κ2) is 7.40. The first-order valence-corrected chi connectivity index (χ1v) is 9.00. The topological polar surface area (TPSA) is 58.8 Å². The molecule has 2 unspecified atom stereocenters. The number of halogens is 1. The number of nitrogens with two attached hydrogens (primary N) is 1. The van der Waals surface area contributed by atoms with Crippen molar-refractivity contribution in [2.45, 2.75) is 32.4 Å². The van der Waals surface area contributed by atoms with Crippen LogP contribution in [0.25, 0.3) is 0 Å². The first kappa shape index (κ1) is 18.3. The molecule has 2 atom stereocenters. The molecule has 25 heavy (non-hydrogen) atoms. The summed E-state index contributed by atoms with van der Waals surface area (Å²) in [5.41, 5.74) is 6.80. The first-order valence-electron chi connectivity index (χ1n) is 9.00. The van der Waals surface area contributed by atoms with Gasteiger partial charge in [-0.3, -0.25) is 9.69 Å². The lowest BCUT2D eigenvalue weighted by atomic mass is 9.79. The number of morpholine rings is 1. The van der Waals surface area contributed by atoms with Gasteiger partial charge in [-0.25, -0.2) is 4.39 Å². The molecule has 6 heteroatoms. The van der Waals surface area contributed by atoms with Crippen molar-refractivity contribution in [1.82, 2.24) is 9.80 Å². The van der Waals surface area contributed by atoms with Crippen LogP contribution >= 0.6 is 0 Å². The fourth-order valence-corrected chi connectivity index (χ4v) is 3.76. The molecule has 0 aliphatic carbocycles. The van der Waals surface area contributed by atoms with Crippen LogP contribution in [0.15, 0.2) is 24.3 Å². The van der Waals surface area contributed by atoms with Crippen molar-refractivity contribution in [1.29, 1.82) is 0 Å². The third-order valence-electron chi connectivity index (χ3n) is 5.43. The van der Waals surface area contributed by atoms with E-state index in [4.69, 9.17) is 10.5 Å². The third kappa shape index (κ3) is 4.02. The van der Waals surface area contributed by atoms with Crippen LogP contribution in [-0.2, 0) is 9.53 Å². The smallest absolute Gasteiger partial charge is 0.244 e. The number of hydrogen-bond donors (Lipinski definition) is 1. The van der Waals surface area contributed by atoms with Gasteiger partial charge in [0.25, 0.3) is 0 Å². The minimum Gasteiger partial charge on any atom is -0.379 e. The van der Waals surface area contributed by atoms with Gasteiger partial charge in [0.2, 0.25) is 5.91 Å². The van der Waals surface area contributed by atoms with E-state index in [0.29, 0.717) is 45.0 Å². The number of carbonyl (C=O) groups is 1. The lowest BCUT2D eigenvalue weighted by Gasteiger charge is -2.45. The van der Waals surface area contributed by atoms with Crippen LogP contribution in [0.4, 0.5) is 4.39 Å². The van der Waals surface area contributed by atoms with E-state index in [-0.39, 0.29) is 23.2 Å². The van der Waals surface area contributed by atoms with Crippen molar-refractivity contribution in [3.8, 4) is 0 Å². The van der Waals surface area contributed by atoms with E-state index in [2.05, 4.69) is 18.7 Å². The van der Waals surface area contributed by atoms with Gasteiger partial charge in [0.1, 0.15) is 11.9 Å². The van der Waals surface area contributed by atoms with Crippen LogP contribution in [0.5, 0.6) is 0 Å². The van der Waals surface area contributed by atoms with E-state index in [9.17, 15) is 9.18 Å². The van der Waals surface area contributed by atoms with E-state index < -0.39 is 6.04 Å². The van der Waals surface area contributed by atoms with Crippen molar-refractivity contribution < 1.29 is 13.9 Å². The number of likely N-dealkylation sites (tertiary alicyclic amines) is 1. The Morgan fingerprint density at radius 2 is 2.04 bits per heavy atom. The van der Waals surface area contributed by atoms with Gasteiger partial charge < -0.3 is 15.4 Å². The van der Waals surface area contributed by atoms with Gasteiger partial charge in [-0.2, -0.15) is 0 Å². The van der Waals surface area contributed by atoms with Crippen molar-refractivity contribution in [2.75, 3.05) is 39.4 Å². The van der Waals surface area contributed by atoms with Crippen LogP contribution < -0.4 is 5.73 Å². The number of amides is 1. The van der Waals surface area contributed by atoms with Gasteiger partial charge in [0, 0.05) is 32.2 Å². The first-order chi connectivity index (χ1) is 11.9. The van der Waals surface area contributed by atoms with Gasteiger partial charge >= 0.3 is 0 Å². The summed E-state index contributed by atoms with van der Waals surface area (Å²) in [4.78, 5) is 17.4. The molecule has 0 radical (unpaired) electrons. The Morgan fingerprint density at radius 3 is 2.68 bits per heavy atom. The maximum absolute atomic E-state index is 13.8. The standard InChI is InChI=1S/C19H28FN3O2/c1-19(2)13-23(7-6-16(19)21)18(24)17(22-8-10-25-11-9-22)14-4-3-5-15(20)12-14/h3-5,12,16-17H,6-11,13,21H2,1-2H3. The van der Waals surface area contributed by atoms with Crippen LogP contribution in [0.1, 0.15) is 31.9 Å². The highest BCUT2D eigenvalue weighted by Gasteiger charge is 2.39. The Labute approximate surface area is 148 Å². The number of hydrogen-bond acceptors (Lipinski definition) is 4. The van der Waals surface area contributed by atoms with Crippen molar-refractivity contribution in [3.63, 3.8) is 0 Å². The number of benzene rings is 1. The number of carbonyl (C=O) groups excluding carboxylic acids is 1. The third-order valence-corrected chi connectivity index (χ3v) is 5.43. The van der Waals surface area contributed by atoms with E-state index in [1.807, 2.05) is 11.0 Å². The summed E-state index contributed by atoms with van der Waals surface area (Å²) in [6.45, 7) is 8.01. The zero-order chi connectivity index (χ0) is 18.0. The second-order valence-electron chi connectivity index (χ2n) is 7.75. The van der Waals surface area contributed by atoms with Crippen LogP contribution in [0, 0.1) is 11.2 Å².